The van der Waals surface area contributed by atoms with Gasteiger partial charge in [0.15, 0.2) is 5.11 Å². The van der Waals surface area contributed by atoms with Crippen molar-refractivity contribution in [2.75, 3.05) is 9.80 Å². The summed E-state index contributed by atoms with van der Waals surface area (Å²) < 4.78 is 15.3. The number of anilines is 2. The van der Waals surface area contributed by atoms with Crippen LogP contribution in [0, 0.1) is 12.4 Å². The van der Waals surface area contributed by atoms with E-state index in [4.69, 9.17) is 30.4 Å². The van der Waals surface area contributed by atoms with E-state index in [1.165, 1.54) is 11.0 Å². The van der Waals surface area contributed by atoms with Crippen LogP contribution in [0.2, 0.25) is 5.02 Å². The summed E-state index contributed by atoms with van der Waals surface area (Å²) in [6, 6.07) is 16.6. The predicted octanol–water partition coefficient (Wildman–Crippen LogP) is 6.50. The number of amides is 2. The minimum Gasteiger partial charge on any atom is -0.361 e. The number of carbonyl (C=O) groups is 2. The summed E-state index contributed by atoms with van der Waals surface area (Å²) >= 11 is 12.0. The normalized spacial score (nSPS) is 16.0. The quantitative estimate of drug-likeness (QED) is 0.217. The van der Waals surface area contributed by atoms with Gasteiger partial charge in [-0.05, 0) is 80.0 Å². The molecule has 1 spiro atoms. The molecule has 0 atom stereocenters. The zero-order valence-corrected chi connectivity index (χ0v) is 22.1. The molecule has 1 saturated carbocycles. The smallest absolute Gasteiger partial charge is 0.259 e. The topological polar surface area (TPSA) is 72.8 Å². The van der Waals surface area contributed by atoms with Gasteiger partial charge in [-0.1, -0.05) is 23.7 Å². The monoisotopic (exact) mass is 557 g/mol. The van der Waals surface area contributed by atoms with E-state index in [1.54, 1.807) is 53.6 Å². The first-order valence-corrected chi connectivity index (χ1v) is 13.1. The number of rotatable bonds is 5. The highest BCUT2D eigenvalue weighted by molar-refractivity contribution is 7.81. The van der Waals surface area contributed by atoms with Gasteiger partial charge < -0.3 is 15.2 Å². The van der Waals surface area contributed by atoms with E-state index in [1.807, 2.05) is 12.1 Å². The molecular weight excluding hydrogens is 537 g/mol. The van der Waals surface area contributed by atoms with Crippen molar-refractivity contribution in [2.45, 2.75) is 31.3 Å². The van der Waals surface area contributed by atoms with E-state index in [0.717, 1.165) is 17.3 Å². The number of aromatic amines is 1. The first-order valence-electron chi connectivity index (χ1n) is 12.3. The Balaban J connectivity index is 1.24. The van der Waals surface area contributed by atoms with Crippen molar-refractivity contribution in [3.05, 3.63) is 100 Å². The van der Waals surface area contributed by atoms with Crippen LogP contribution in [0.5, 0.6) is 0 Å². The Hall–Kier alpha value is -4.26. The van der Waals surface area contributed by atoms with Crippen LogP contribution < -0.4 is 15.1 Å². The highest BCUT2D eigenvalue weighted by Crippen LogP contribution is 2.48. The first kappa shape index (κ1) is 25.0. The summed E-state index contributed by atoms with van der Waals surface area (Å²) in [4.78, 5) is 35.9. The number of benzene rings is 3. The molecule has 1 aliphatic heterocycles. The highest BCUT2D eigenvalue weighted by atomic mass is 35.5. The number of fused-ring (bicyclic) bond motifs is 1. The molecule has 0 radical (unpaired) electrons. The zero-order valence-electron chi connectivity index (χ0n) is 20.5. The van der Waals surface area contributed by atoms with Crippen molar-refractivity contribution in [1.29, 1.82) is 0 Å². The highest BCUT2D eigenvalue weighted by Gasteiger charge is 2.59. The number of aromatic nitrogens is 1. The number of H-pyrrole nitrogens is 1. The molecule has 0 unspecified atom stereocenters. The van der Waals surface area contributed by atoms with Crippen molar-refractivity contribution < 1.29 is 14.0 Å². The van der Waals surface area contributed by atoms with Crippen molar-refractivity contribution in [1.82, 2.24) is 10.3 Å². The molecular formula is C29H21ClFN5O2S. The maximum Gasteiger partial charge on any atom is 0.259 e. The van der Waals surface area contributed by atoms with Gasteiger partial charge in [0.2, 0.25) is 5.69 Å². The van der Waals surface area contributed by atoms with Gasteiger partial charge in [-0.25, -0.2) is 9.24 Å². The van der Waals surface area contributed by atoms with Gasteiger partial charge in [0.1, 0.15) is 11.4 Å². The van der Waals surface area contributed by atoms with Gasteiger partial charge in [-0.2, -0.15) is 0 Å². The predicted molar refractivity (Wildman–Crippen MR) is 153 cm³/mol. The second-order valence-electron chi connectivity index (χ2n) is 9.63. The fraction of sp³-hybridized carbons (Fsp3) is 0.172. The van der Waals surface area contributed by atoms with Gasteiger partial charge in [0.25, 0.3) is 11.8 Å². The lowest BCUT2D eigenvalue weighted by Crippen LogP contribution is -2.55. The third-order valence-corrected chi connectivity index (χ3v) is 8.12. The molecule has 10 heteroatoms. The molecule has 0 bridgehead atoms. The molecule has 2 aliphatic rings. The summed E-state index contributed by atoms with van der Waals surface area (Å²) in [5, 5.41) is 4.15. The van der Waals surface area contributed by atoms with Gasteiger partial charge in [-0.15, -0.1) is 0 Å². The largest absolute Gasteiger partial charge is 0.361 e. The number of halogens is 2. The summed E-state index contributed by atoms with van der Waals surface area (Å²) in [6.45, 7) is 7.22. The van der Waals surface area contributed by atoms with Crippen LogP contribution in [0.4, 0.5) is 21.5 Å². The van der Waals surface area contributed by atoms with E-state index in [2.05, 4.69) is 15.1 Å². The Bertz CT molecular complexity index is 1720. The molecule has 4 aromatic rings. The Morgan fingerprint density at radius 2 is 1.92 bits per heavy atom. The minimum atomic E-state index is -0.888. The lowest BCUT2D eigenvalue weighted by molar-refractivity contribution is -0.123. The van der Waals surface area contributed by atoms with Gasteiger partial charge in [0.05, 0.1) is 12.3 Å². The van der Waals surface area contributed by atoms with E-state index in [9.17, 15) is 9.59 Å². The van der Waals surface area contributed by atoms with E-state index in [0.29, 0.717) is 35.3 Å². The number of carbonyl (C=O) groups excluding carboxylic acids is 2. The van der Waals surface area contributed by atoms with Crippen LogP contribution in [0.3, 0.4) is 0 Å². The lowest BCUT2D eigenvalue weighted by Gasteiger charge is -2.43. The summed E-state index contributed by atoms with van der Waals surface area (Å²) in [6.07, 6.45) is 3.82. The maximum atomic E-state index is 15.3. The molecule has 3 aromatic carbocycles. The third-order valence-electron chi connectivity index (χ3n) is 7.45. The molecule has 1 aromatic heterocycles. The van der Waals surface area contributed by atoms with Crippen LogP contribution in [0.15, 0.2) is 66.9 Å². The molecule has 2 amide bonds. The van der Waals surface area contributed by atoms with Crippen LogP contribution in [0.1, 0.15) is 35.2 Å². The molecule has 194 valence electrons. The zero-order chi connectivity index (χ0) is 27.3. The summed E-state index contributed by atoms with van der Waals surface area (Å²) in [7, 11) is 0. The standard InChI is InChI=1S/C29H21ClFN5O2S/c1-32-25-8-6-20(14-22(25)30)35-27(38)29(10-2-11-29)36(28(35)39)21-5-3-19(23(31)15-21)16-34-26(37)18-4-7-24-17(13-18)9-12-33-24/h3-9,12-15,33H,2,10-11,16H2,(H,34,37). The van der Waals surface area contributed by atoms with Crippen LogP contribution in [0.25, 0.3) is 15.7 Å². The van der Waals surface area contributed by atoms with Crippen molar-refractivity contribution in [3.63, 3.8) is 0 Å². The number of nitrogens with zero attached hydrogens (tertiary/aromatic N) is 3. The van der Waals surface area contributed by atoms with E-state index in [-0.39, 0.29) is 34.2 Å². The minimum absolute atomic E-state index is 0.00265. The third kappa shape index (κ3) is 4.04. The maximum absolute atomic E-state index is 15.3. The van der Waals surface area contributed by atoms with Gasteiger partial charge in [0, 0.05) is 45.5 Å². The van der Waals surface area contributed by atoms with Crippen LogP contribution in [-0.4, -0.2) is 27.4 Å². The SMILES string of the molecule is [C-]#[N+]c1ccc(N2C(=O)C3(CCC3)N(c3ccc(CNC(=O)c4ccc5[nH]ccc5c4)c(F)c3)C2=S)cc1Cl. The molecule has 2 fully saturated rings. The van der Waals surface area contributed by atoms with E-state index < -0.39 is 11.4 Å². The fourth-order valence-electron chi connectivity index (χ4n) is 5.22. The molecule has 7 nitrogen and oxygen atoms in total. The van der Waals surface area contributed by atoms with Crippen molar-refractivity contribution in [2.24, 2.45) is 0 Å². The van der Waals surface area contributed by atoms with Gasteiger partial charge in [-0.3, -0.25) is 14.5 Å². The summed E-state index contributed by atoms with van der Waals surface area (Å²) in [5.74, 6) is -1.01. The van der Waals surface area contributed by atoms with Crippen molar-refractivity contribution >= 4 is 68.7 Å². The lowest BCUT2D eigenvalue weighted by atomic mass is 9.75. The second kappa shape index (κ2) is 9.49. The first-order chi connectivity index (χ1) is 18.8. The Kier molecular flexibility index (Phi) is 6.09. The average Bonchev–Trinajstić information content (AvgIpc) is 3.46. The van der Waals surface area contributed by atoms with E-state index >= 15 is 4.39 Å². The molecule has 2 heterocycles. The molecule has 2 N–H and O–H groups in total. The Morgan fingerprint density at radius 3 is 2.62 bits per heavy atom. The molecule has 6 rings (SSSR count). The molecule has 1 saturated heterocycles. The number of hydrogen-bond donors (Lipinski definition) is 2. The Labute approximate surface area is 234 Å². The second-order valence-corrected chi connectivity index (χ2v) is 10.4. The van der Waals surface area contributed by atoms with Crippen LogP contribution in [-0.2, 0) is 11.3 Å². The fourth-order valence-corrected chi connectivity index (χ4v) is 5.91. The number of hydrogen-bond acceptors (Lipinski definition) is 3. The molecule has 39 heavy (non-hydrogen) atoms. The Morgan fingerprint density at radius 1 is 1.13 bits per heavy atom. The van der Waals surface area contributed by atoms with Crippen molar-refractivity contribution in [3.8, 4) is 0 Å². The van der Waals surface area contributed by atoms with Crippen LogP contribution >= 0.6 is 23.8 Å². The molecule has 1 aliphatic carbocycles. The van der Waals surface area contributed by atoms with Gasteiger partial charge >= 0.3 is 0 Å². The number of nitrogens with one attached hydrogen (secondary N) is 2. The number of thiocarbonyl (C=S) groups is 1. The average molecular weight is 558 g/mol. The summed E-state index contributed by atoms with van der Waals surface area (Å²) in [5.41, 5.74) is 2.05.